The monoisotopic (exact) mass is 1070 g/mol. The molecule has 1 aliphatic rings. The van der Waals surface area contributed by atoms with E-state index < -0.39 is 0 Å². The van der Waals surface area contributed by atoms with E-state index in [1.165, 1.54) is 50.2 Å². The second kappa shape index (κ2) is 26.6. The highest BCUT2D eigenvalue weighted by Crippen LogP contribution is 2.40. The average Bonchev–Trinajstić information content (AvgIpc) is 3.45. The van der Waals surface area contributed by atoms with E-state index in [2.05, 4.69) is 29.7 Å². The Labute approximate surface area is 470 Å². The van der Waals surface area contributed by atoms with E-state index >= 15 is 0 Å². The van der Waals surface area contributed by atoms with Crippen LogP contribution in [0.25, 0.3) is 0 Å². The van der Waals surface area contributed by atoms with Gasteiger partial charge >= 0.3 is 0 Å². The molecule has 408 valence electrons. The molecular formula is C70H70N2O8. The zero-order valence-electron chi connectivity index (χ0n) is 47.0. The summed E-state index contributed by atoms with van der Waals surface area (Å²) < 4.78 is 24.2. The molecule has 1 aliphatic carbocycles. The summed E-state index contributed by atoms with van der Waals surface area (Å²) in [6, 6.07) is 53.2. The SMILES string of the molecule is CC(=O)C/C=C/CC(=O)Nc1ccc(Oc2ccc(C(=O)c3ccc(Oc4ccc(C5(C)CCCCC5)cc4)c(C)c3)cc2C)cc1.CNc1ccc(Oc2ccc(C(=O)c3ccc(Oc4ccc(C)cc4)c(C)c3)cc2C)cc1. The Bertz CT molecular complexity index is 3500. The van der Waals surface area contributed by atoms with Crippen LogP contribution in [-0.2, 0) is 15.0 Å². The maximum absolute atomic E-state index is 13.4. The fraction of sp³-hybridized carbons (Fsp3) is 0.229. The number of allylic oxidation sites excluding steroid dienone is 1. The van der Waals surface area contributed by atoms with Gasteiger partial charge in [-0.05, 0) is 233 Å². The fourth-order valence-corrected chi connectivity index (χ4v) is 9.56. The molecule has 0 bridgehead atoms. The summed E-state index contributed by atoms with van der Waals surface area (Å²) in [6.07, 6.45) is 10.3. The summed E-state index contributed by atoms with van der Waals surface area (Å²) in [5, 5.41) is 5.91. The molecule has 1 amide bonds. The van der Waals surface area contributed by atoms with Crippen LogP contribution in [-0.4, -0.2) is 30.3 Å². The van der Waals surface area contributed by atoms with Crippen molar-refractivity contribution in [1.29, 1.82) is 0 Å². The molecule has 0 radical (unpaired) electrons. The molecule has 80 heavy (non-hydrogen) atoms. The van der Waals surface area contributed by atoms with Crippen LogP contribution >= 0.6 is 0 Å². The first-order valence-corrected chi connectivity index (χ1v) is 27.3. The van der Waals surface area contributed by atoms with Gasteiger partial charge < -0.3 is 29.6 Å². The number of carbonyl (C=O) groups is 4. The third kappa shape index (κ3) is 15.4. The predicted molar refractivity (Wildman–Crippen MR) is 320 cm³/mol. The van der Waals surface area contributed by atoms with Gasteiger partial charge in [0.25, 0.3) is 0 Å². The standard InChI is InChI=1S/C41H43NO5.C29H27NO3/c1-28-26-31(12-22-37(28)46-35-18-14-33(15-19-35)41(4)24-8-5-9-25-41)40(45)32-13-23-38(29(2)27-32)47-36-20-16-34(17-21-36)42-39(44)11-7-6-10-30(3)43;1-19-5-11-25(12-6-19)32-27-15-7-22(17-20(27)2)29(31)23-8-16-28(21(3)18-23)33-26-13-9-24(30-4)10-14-26/h6-7,12-23,26-27H,5,8-11,24-25H2,1-4H3,(H,42,44);5-18,30H,1-4H3/b7-6+;. The number of rotatable bonds is 19. The van der Waals surface area contributed by atoms with Crippen LogP contribution in [0.2, 0.25) is 0 Å². The maximum atomic E-state index is 13.4. The highest BCUT2D eigenvalue weighted by atomic mass is 16.5. The third-order valence-electron chi connectivity index (χ3n) is 14.3. The Kier molecular flexibility index (Phi) is 19.0. The molecule has 8 aromatic carbocycles. The largest absolute Gasteiger partial charge is 0.457 e. The summed E-state index contributed by atoms with van der Waals surface area (Å²) in [5.41, 5.74) is 10.4. The molecule has 1 fully saturated rings. The molecule has 0 saturated heterocycles. The van der Waals surface area contributed by atoms with Crippen LogP contribution in [0, 0.1) is 34.6 Å². The molecule has 2 N–H and O–H groups in total. The Morgan fingerprint density at radius 1 is 0.450 bits per heavy atom. The number of hydrogen-bond acceptors (Lipinski definition) is 9. The summed E-state index contributed by atoms with van der Waals surface area (Å²) in [7, 11) is 1.88. The molecule has 0 aliphatic heterocycles. The third-order valence-corrected chi connectivity index (χ3v) is 14.3. The van der Waals surface area contributed by atoms with E-state index in [-0.39, 0.29) is 35.1 Å². The lowest BCUT2D eigenvalue weighted by atomic mass is 9.71. The van der Waals surface area contributed by atoms with E-state index in [0.717, 1.165) is 62.4 Å². The van der Waals surface area contributed by atoms with Crippen LogP contribution in [0.15, 0.2) is 182 Å². The average molecular weight is 1070 g/mol. The number of anilines is 2. The number of carbonyl (C=O) groups excluding carboxylic acids is 4. The minimum Gasteiger partial charge on any atom is -0.457 e. The van der Waals surface area contributed by atoms with Crippen molar-refractivity contribution in [1.82, 2.24) is 0 Å². The summed E-state index contributed by atoms with van der Waals surface area (Å²) >= 11 is 0. The van der Waals surface area contributed by atoms with Crippen molar-refractivity contribution in [3.63, 3.8) is 0 Å². The van der Waals surface area contributed by atoms with E-state index in [9.17, 15) is 19.2 Å². The Hall–Kier alpha value is -9.02. The van der Waals surface area contributed by atoms with Crippen molar-refractivity contribution in [2.45, 2.75) is 98.8 Å². The highest BCUT2D eigenvalue weighted by Gasteiger charge is 2.28. The topological polar surface area (TPSA) is 129 Å². The van der Waals surface area contributed by atoms with E-state index in [0.29, 0.717) is 45.9 Å². The number of amides is 1. The molecule has 10 heteroatoms. The number of ketones is 3. The zero-order chi connectivity index (χ0) is 56.8. The number of Topliss-reactive ketones (excluding diaryl/α,β-unsaturated/α-hetero) is 1. The fourth-order valence-electron chi connectivity index (χ4n) is 9.56. The number of benzene rings is 8. The van der Waals surface area contributed by atoms with E-state index in [4.69, 9.17) is 18.9 Å². The maximum Gasteiger partial charge on any atom is 0.228 e. The number of nitrogens with one attached hydrogen (secondary N) is 2. The number of aryl methyl sites for hydroxylation is 5. The van der Waals surface area contributed by atoms with Gasteiger partial charge in [-0.15, -0.1) is 0 Å². The molecular weight excluding hydrogens is 997 g/mol. The highest BCUT2D eigenvalue weighted by molar-refractivity contribution is 6.10. The van der Waals surface area contributed by atoms with Crippen LogP contribution in [0.3, 0.4) is 0 Å². The van der Waals surface area contributed by atoms with Crippen molar-refractivity contribution in [3.05, 3.63) is 238 Å². The first-order valence-electron chi connectivity index (χ1n) is 27.3. The summed E-state index contributed by atoms with van der Waals surface area (Å²) in [4.78, 5) is 49.7. The molecule has 0 heterocycles. The Balaban J connectivity index is 0.000000223. The van der Waals surface area contributed by atoms with Crippen molar-refractivity contribution in [3.8, 4) is 46.0 Å². The lowest BCUT2D eigenvalue weighted by Crippen LogP contribution is -2.24. The molecule has 0 atom stereocenters. The van der Waals surface area contributed by atoms with Gasteiger partial charge in [0.1, 0.15) is 51.8 Å². The van der Waals surface area contributed by atoms with Gasteiger partial charge in [-0.25, -0.2) is 0 Å². The van der Waals surface area contributed by atoms with Crippen LogP contribution < -0.4 is 29.6 Å². The minimum atomic E-state index is -0.166. The van der Waals surface area contributed by atoms with Gasteiger partial charge in [0.2, 0.25) is 5.91 Å². The van der Waals surface area contributed by atoms with Crippen molar-refractivity contribution >= 4 is 34.6 Å². The lowest BCUT2D eigenvalue weighted by Gasteiger charge is -2.34. The number of hydrogen-bond donors (Lipinski definition) is 2. The Morgan fingerprint density at radius 3 is 1.16 bits per heavy atom. The quantitative estimate of drug-likeness (QED) is 0.0601. The second-order valence-electron chi connectivity index (χ2n) is 20.9. The van der Waals surface area contributed by atoms with Crippen LogP contribution in [0.5, 0.6) is 46.0 Å². The molecule has 0 aromatic heterocycles. The minimum absolute atomic E-state index is 0.0343. The van der Waals surface area contributed by atoms with Gasteiger partial charge in [-0.2, -0.15) is 0 Å². The lowest BCUT2D eigenvalue weighted by molar-refractivity contribution is -0.117. The summed E-state index contributed by atoms with van der Waals surface area (Å²) in [6.45, 7) is 13.7. The second-order valence-corrected chi connectivity index (χ2v) is 20.9. The molecule has 1 saturated carbocycles. The summed E-state index contributed by atoms with van der Waals surface area (Å²) in [5.74, 6) is 5.52. The van der Waals surface area contributed by atoms with Gasteiger partial charge in [0.05, 0.1) is 0 Å². The van der Waals surface area contributed by atoms with Gasteiger partial charge in [0, 0.05) is 53.5 Å². The van der Waals surface area contributed by atoms with Crippen LogP contribution in [0.1, 0.15) is 124 Å². The molecule has 0 unspecified atom stereocenters. The van der Waals surface area contributed by atoms with Gasteiger partial charge in [0.15, 0.2) is 11.6 Å². The Morgan fingerprint density at radius 2 is 0.800 bits per heavy atom. The first-order chi connectivity index (χ1) is 38.5. The first kappa shape index (κ1) is 57.2. The van der Waals surface area contributed by atoms with Gasteiger partial charge in [-0.3, -0.25) is 19.2 Å². The molecule has 9 rings (SSSR count). The zero-order valence-corrected chi connectivity index (χ0v) is 47.0. The smallest absolute Gasteiger partial charge is 0.228 e. The molecule has 0 spiro atoms. The normalized spacial score (nSPS) is 12.6. The van der Waals surface area contributed by atoms with Crippen molar-refractivity contribution < 1.29 is 38.1 Å². The van der Waals surface area contributed by atoms with Crippen LogP contribution in [0.4, 0.5) is 11.4 Å². The predicted octanol–water partition coefficient (Wildman–Crippen LogP) is 17.7. The molecule has 8 aromatic rings. The van der Waals surface area contributed by atoms with Crippen molar-refractivity contribution in [2.75, 3.05) is 17.7 Å². The van der Waals surface area contributed by atoms with E-state index in [1.54, 1.807) is 54.6 Å². The van der Waals surface area contributed by atoms with E-state index in [1.807, 2.05) is 157 Å². The van der Waals surface area contributed by atoms with Gasteiger partial charge in [-0.1, -0.05) is 68.2 Å². The number of ether oxygens (including phenoxy) is 4. The molecule has 10 nitrogen and oxygen atoms in total. The van der Waals surface area contributed by atoms with Crippen molar-refractivity contribution in [2.24, 2.45) is 0 Å².